The van der Waals surface area contributed by atoms with Gasteiger partial charge in [-0.05, 0) is 30.5 Å². The molecule has 1 heterocycles. The molecule has 0 saturated heterocycles. The summed E-state index contributed by atoms with van der Waals surface area (Å²) in [5, 5.41) is 1.75. The van der Waals surface area contributed by atoms with Gasteiger partial charge in [0.25, 0.3) is 0 Å². The van der Waals surface area contributed by atoms with Crippen molar-refractivity contribution in [2.45, 2.75) is 17.9 Å². The molecule has 0 spiro atoms. The number of nitrogens with zero attached hydrogens (tertiary/aromatic N) is 1. The van der Waals surface area contributed by atoms with Crippen LogP contribution in [0.4, 0.5) is 0 Å². The van der Waals surface area contributed by atoms with Crippen LogP contribution in [0.1, 0.15) is 6.92 Å². The van der Waals surface area contributed by atoms with Crippen LogP contribution in [-0.2, 0) is 10.0 Å². The van der Waals surface area contributed by atoms with Gasteiger partial charge in [-0.3, -0.25) is 4.98 Å². The van der Waals surface area contributed by atoms with E-state index in [1.165, 1.54) is 0 Å². The Labute approximate surface area is 106 Å². The molecule has 0 aliphatic heterocycles. The maximum atomic E-state index is 12.1. The smallest absolute Gasteiger partial charge is 0.240 e. The number of sulfonamides is 1. The number of aromatic nitrogens is 1. The van der Waals surface area contributed by atoms with E-state index in [1.54, 1.807) is 43.6 Å². The fourth-order valence-corrected chi connectivity index (χ4v) is 2.90. The summed E-state index contributed by atoms with van der Waals surface area (Å²) < 4.78 is 26.6. The fraction of sp³-hybridized carbons (Fsp3) is 0.250. The average Bonchev–Trinajstić information content (AvgIpc) is 2.37. The molecule has 2 rings (SSSR count). The van der Waals surface area contributed by atoms with Crippen LogP contribution in [0.2, 0.25) is 0 Å². The van der Waals surface area contributed by atoms with E-state index in [4.69, 9.17) is 5.73 Å². The molecule has 0 aliphatic rings. The number of pyridine rings is 1. The van der Waals surface area contributed by atoms with Gasteiger partial charge in [-0.1, -0.05) is 6.07 Å². The number of hydrogen-bond acceptors (Lipinski definition) is 4. The van der Waals surface area contributed by atoms with Crippen LogP contribution in [0.15, 0.2) is 41.6 Å². The number of rotatable bonds is 4. The minimum absolute atomic E-state index is 0.238. The molecular formula is C12H15N3O2S. The summed E-state index contributed by atoms with van der Waals surface area (Å²) in [4.78, 5) is 4.22. The fourth-order valence-electron chi connectivity index (χ4n) is 1.61. The predicted molar refractivity (Wildman–Crippen MR) is 70.6 cm³/mol. The van der Waals surface area contributed by atoms with Crippen molar-refractivity contribution in [1.29, 1.82) is 0 Å². The van der Waals surface area contributed by atoms with Gasteiger partial charge in [-0.2, -0.15) is 0 Å². The minimum atomic E-state index is -3.51. The van der Waals surface area contributed by atoms with Crippen molar-refractivity contribution in [1.82, 2.24) is 9.71 Å². The third-order valence-electron chi connectivity index (χ3n) is 2.63. The van der Waals surface area contributed by atoms with Gasteiger partial charge in [0.1, 0.15) is 0 Å². The Morgan fingerprint density at radius 2 is 2.11 bits per heavy atom. The third-order valence-corrected chi connectivity index (χ3v) is 4.22. The molecule has 0 fully saturated rings. The molecule has 0 saturated carbocycles. The van der Waals surface area contributed by atoms with E-state index in [2.05, 4.69) is 9.71 Å². The van der Waals surface area contributed by atoms with Gasteiger partial charge < -0.3 is 5.73 Å². The summed E-state index contributed by atoms with van der Waals surface area (Å²) >= 11 is 0. The van der Waals surface area contributed by atoms with Crippen molar-refractivity contribution in [3.05, 3.63) is 36.7 Å². The average molecular weight is 265 g/mol. The molecule has 96 valence electrons. The maximum Gasteiger partial charge on any atom is 0.240 e. The SMILES string of the molecule is CC(CN)NS(=O)(=O)c1ccc2cnccc2c1. The minimum Gasteiger partial charge on any atom is -0.329 e. The van der Waals surface area contributed by atoms with E-state index in [0.29, 0.717) is 0 Å². The molecule has 0 bridgehead atoms. The van der Waals surface area contributed by atoms with Crippen molar-refractivity contribution >= 4 is 20.8 Å². The second-order valence-corrected chi connectivity index (χ2v) is 5.86. The van der Waals surface area contributed by atoms with Gasteiger partial charge >= 0.3 is 0 Å². The zero-order valence-corrected chi connectivity index (χ0v) is 10.8. The molecule has 1 aromatic carbocycles. The summed E-state index contributed by atoms with van der Waals surface area (Å²) in [6.07, 6.45) is 3.33. The molecule has 3 N–H and O–H groups in total. The highest BCUT2D eigenvalue weighted by molar-refractivity contribution is 7.89. The van der Waals surface area contributed by atoms with Crippen LogP contribution in [0.25, 0.3) is 10.8 Å². The summed E-state index contributed by atoms with van der Waals surface area (Å²) in [5.41, 5.74) is 5.41. The second-order valence-electron chi connectivity index (χ2n) is 4.14. The Morgan fingerprint density at radius 1 is 1.33 bits per heavy atom. The highest BCUT2D eigenvalue weighted by Crippen LogP contribution is 2.18. The Morgan fingerprint density at radius 3 is 2.83 bits per heavy atom. The number of nitrogens with one attached hydrogen (secondary N) is 1. The zero-order chi connectivity index (χ0) is 13.2. The normalized spacial score (nSPS) is 13.7. The van der Waals surface area contributed by atoms with E-state index >= 15 is 0 Å². The number of hydrogen-bond donors (Lipinski definition) is 2. The maximum absolute atomic E-state index is 12.1. The van der Waals surface area contributed by atoms with Crippen molar-refractivity contribution in [3.8, 4) is 0 Å². The largest absolute Gasteiger partial charge is 0.329 e. The van der Waals surface area contributed by atoms with Crippen molar-refractivity contribution in [2.24, 2.45) is 5.73 Å². The van der Waals surface area contributed by atoms with Crippen LogP contribution >= 0.6 is 0 Å². The summed E-state index contributed by atoms with van der Waals surface area (Å²) in [7, 11) is -3.51. The van der Waals surface area contributed by atoms with Crippen LogP contribution in [0.5, 0.6) is 0 Å². The molecule has 2 aromatic rings. The molecule has 5 nitrogen and oxygen atoms in total. The second kappa shape index (κ2) is 5.01. The first-order valence-electron chi connectivity index (χ1n) is 5.59. The Bertz CT molecular complexity index is 655. The zero-order valence-electron chi connectivity index (χ0n) is 10.00. The molecule has 0 radical (unpaired) electrons. The van der Waals surface area contributed by atoms with E-state index in [1.807, 2.05) is 0 Å². The summed E-state index contributed by atoms with van der Waals surface area (Å²) in [6.45, 7) is 1.99. The van der Waals surface area contributed by atoms with Crippen molar-refractivity contribution in [2.75, 3.05) is 6.54 Å². The van der Waals surface area contributed by atoms with Gasteiger partial charge in [-0.25, -0.2) is 13.1 Å². The first-order chi connectivity index (χ1) is 8.53. The van der Waals surface area contributed by atoms with E-state index < -0.39 is 10.0 Å². The number of benzene rings is 1. The van der Waals surface area contributed by atoms with Gasteiger partial charge in [0.2, 0.25) is 10.0 Å². The van der Waals surface area contributed by atoms with Crippen molar-refractivity contribution < 1.29 is 8.42 Å². The number of fused-ring (bicyclic) bond motifs is 1. The Kier molecular flexibility index (Phi) is 3.60. The lowest BCUT2D eigenvalue weighted by molar-refractivity contribution is 0.563. The molecule has 0 amide bonds. The van der Waals surface area contributed by atoms with Crippen LogP contribution in [-0.4, -0.2) is 26.0 Å². The van der Waals surface area contributed by atoms with Gasteiger partial charge in [0.05, 0.1) is 4.90 Å². The van der Waals surface area contributed by atoms with Crippen LogP contribution in [0.3, 0.4) is 0 Å². The monoisotopic (exact) mass is 265 g/mol. The summed E-state index contributed by atoms with van der Waals surface area (Å²) in [6, 6.07) is 6.42. The molecular weight excluding hydrogens is 250 g/mol. The molecule has 6 heteroatoms. The molecule has 1 atom stereocenters. The third kappa shape index (κ3) is 2.66. The highest BCUT2D eigenvalue weighted by Gasteiger charge is 2.16. The molecule has 18 heavy (non-hydrogen) atoms. The standard InChI is InChI=1S/C12H15N3O2S/c1-9(7-13)15-18(16,17)12-3-2-11-8-14-5-4-10(11)6-12/h2-6,8-9,15H,7,13H2,1H3. The van der Waals surface area contributed by atoms with E-state index in [9.17, 15) is 8.42 Å². The molecule has 0 aliphatic carbocycles. The quantitative estimate of drug-likeness (QED) is 0.858. The highest BCUT2D eigenvalue weighted by atomic mass is 32.2. The van der Waals surface area contributed by atoms with E-state index in [0.717, 1.165) is 10.8 Å². The molecule has 1 unspecified atom stereocenters. The Balaban J connectivity index is 2.41. The lowest BCUT2D eigenvalue weighted by Gasteiger charge is -2.12. The first-order valence-corrected chi connectivity index (χ1v) is 7.07. The number of nitrogens with two attached hydrogens (primary N) is 1. The lowest BCUT2D eigenvalue weighted by Crippen LogP contribution is -2.37. The van der Waals surface area contributed by atoms with Crippen LogP contribution < -0.4 is 10.5 Å². The summed E-state index contributed by atoms with van der Waals surface area (Å²) in [5.74, 6) is 0. The Hall–Kier alpha value is -1.50. The van der Waals surface area contributed by atoms with E-state index in [-0.39, 0.29) is 17.5 Å². The molecule has 1 aromatic heterocycles. The van der Waals surface area contributed by atoms with Gasteiger partial charge in [0, 0.05) is 30.4 Å². The van der Waals surface area contributed by atoms with Gasteiger partial charge in [0.15, 0.2) is 0 Å². The lowest BCUT2D eigenvalue weighted by atomic mass is 10.2. The van der Waals surface area contributed by atoms with Crippen molar-refractivity contribution in [3.63, 3.8) is 0 Å². The van der Waals surface area contributed by atoms with Gasteiger partial charge in [-0.15, -0.1) is 0 Å². The van der Waals surface area contributed by atoms with Crippen LogP contribution in [0, 0.1) is 0 Å². The first kappa shape index (κ1) is 12.9. The topological polar surface area (TPSA) is 85.1 Å². The predicted octanol–water partition coefficient (Wildman–Crippen LogP) is 0.860.